The van der Waals surface area contributed by atoms with Crippen LogP contribution in [0.5, 0.6) is 17.2 Å². The van der Waals surface area contributed by atoms with E-state index in [2.05, 4.69) is 6.92 Å². The van der Waals surface area contributed by atoms with Crippen LogP contribution in [-0.2, 0) is 0 Å². The highest BCUT2D eigenvalue weighted by atomic mass is 35.5. The molecule has 4 nitrogen and oxygen atoms in total. The van der Waals surface area contributed by atoms with Crippen LogP contribution in [0.3, 0.4) is 0 Å². The van der Waals surface area contributed by atoms with Gasteiger partial charge < -0.3 is 19.9 Å². The van der Waals surface area contributed by atoms with Crippen molar-refractivity contribution < 1.29 is 14.2 Å². The Morgan fingerprint density at radius 1 is 0.812 bits per heavy atom. The first-order valence-electron chi connectivity index (χ1n) is 11.8. The zero-order chi connectivity index (χ0) is 23.2. The summed E-state index contributed by atoms with van der Waals surface area (Å²) < 4.78 is 17.4. The van der Waals surface area contributed by atoms with Crippen LogP contribution in [0, 0.1) is 0 Å². The van der Waals surface area contributed by atoms with Gasteiger partial charge in [0.25, 0.3) is 0 Å². The summed E-state index contributed by atoms with van der Waals surface area (Å²) in [5, 5.41) is 0.763. The Morgan fingerprint density at radius 2 is 1.38 bits per heavy atom. The Morgan fingerprint density at radius 3 is 1.97 bits per heavy atom. The second-order valence-electron chi connectivity index (χ2n) is 8.09. The SMILES string of the molecule is CCCCCCCCCCCCOc1cc(Cl)c(OC(C)Oc2ccccc2N)c(Cl)c1. The molecule has 2 aromatic carbocycles. The van der Waals surface area contributed by atoms with E-state index in [4.69, 9.17) is 43.1 Å². The van der Waals surface area contributed by atoms with Gasteiger partial charge in [-0.25, -0.2) is 0 Å². The van der Waals surface area contributed by atoms with Crippen LogP contribution in [0.4, 0.5) is 5.69 Å². The summed E-state index contributed by atoms with van der Waals surface area (Å²) in [6.07, 6.45) is 12.3. The van der Waals surface area contributed by atoms with Gasteiger partial charge in [-0.05, 0) is 18.6 Å². The molecule has 0 saturated carbocycles. The van der Waals surface area contributed by atoms with E-state index in [0.717, 1.165) is 6.42 Å². The normalized spacial score (nSPS) is 11.9. The third-order valence-corrected chi connectivity index (χ3v) is 5.80. The fraction of sp³-hybridized carbons (Fsp3) is 0.538. The van der Waals surface area contributed by atoms with Gasteiger partial charge in [0, 0.05) is 19.1 Å². The van der Waals surface area contributed by atoms with Crippen LogP contribution < -0.4 is 19.9 Å². The number of benzene rings is 2. The number of nitrogens with two attached hydrogens (primary N) is 1. The van der Waals surface area contributed by atoms with Crippen LogP contribution in [0.1, 0.15) is 78.1 Å². The lowest BCUT2D eigenvalue weighted by molar-refractivity contribution is 0.0230. The molecular formula is C26H37Cl2NO3. The zero-order valence-electron chi connectivity index (χ0n) is 19.4. The van der Waals surface area contributed by atoms with Gasteiger partial charge in [0.1, 0.15) is 11.5 Å². The maximum atomic E-state index is 6.39. The molecule has 0 saturated heterocycles. The van der Waals surface area contributed by atoms with E-state index >= 15 is 0 Å². The number of hydrogen-bond donors (Lipinski definition) is 1. The van der Waals surface area contributed by atoms with Gasteiger partial charge in [0.05, 0.1) is 22.3 Å². The lowest BCUT2D eigenvalue weighted by atomic mass is 10.1. The lowest BCUT2D eigenvalue weighted by Crippen LogP contribution is -2.20. The van der Waals surface area contributed by atoms with E-state index in [9.17, 15) is 0 Å². The average molecular weight is 482 g/mol. The van der Waals surface area contributed by atoms with E-state index in [1.807, 2.05) is 12.1 Å². The minimum absolute atomic E-state index is 0.363. The lowest BCUT2D eigenvalue weighted by Gasteiger charge is -2.19. The highest BCUT2D eigenvalue weighted by molar-refractivity contribution is 6.37. The van der Waals surface area contributed by atoms with Crippen LogP contribution in [0.2, 0.25) is 10.0 Å². The van der Waals surface area contributed by atoms with Crippen molar-refractivity contribution in [2.75, 3.05) is 12.3 Å². The van der Waals surface area contributed by atoms with Crippen molar-refractivity contribution in [1.29, 1.82) is 0 Å². The molecule has 0 heterocycles. The van der Waals surface area contributed by atoms with E-state index in [-0.39, 0.29) is 0 Å². The first-order valence-corrected chi connectivity index (χ1v) is 12.6. The van der Waals surface area contributed by atoms with Crippen LogP contribution >= 0.6 is 23.2 Å². The van der Waals surface area contributed by atoms with Crippen LogP contribution in [0.25, 0.3) is 0 Å². The minimum atomic E-state index is -0.617. The van der Waals surface area contributed by atoms with Gasteiger partial charge in [-0.15, -0.1) is 0 Å². The molecule has 0 radical (unpaired) electrons. The molecule has 0 fully saturated rings. The van der Waals surface area contributed by atoms with Crippen LogP contribution in [-0.4, -0.2) is 12.9 Å². The van der Waals surface area contributed by atoms with Crippen molar-refractivity contribution in [3.8, 4) is 17.2 Å². The molecule has 0 aliphatic heterocycles. The number of anilines is 1. The maximum Gasteiger partial charge on any atom is 0.238 e. The second kappa shape index (κ2) is 15.1. The summed E-state index contributed by atoms with van der Waals surface area (Å²) >= 11 is 12.8. The average Bonchev–Trinajstić information content (AvgIpc) is 2.76. The van der Waals surface area contributed by atoms with Crippen LogP contribution in [0.15, 0.2) is 36.4 Å². The molecule has 178 valence electrons. The Balaban J connectivity index is 1.69. The molecule has 0 aliphatic carbocycles. The summed E-state index contributed by atoms with van der Waals surface area (Å²) in [5.74, 6) is 1.55. The van der Waals surface area contributed by atoms with Gasteiger partial charge in [-0.2, -0.15) is 0 Å². The molecule has 32 heavy (non-hydrogen) atoms. The van der Waals surface area contributed by atoms with E-state index in [0.29, 0.717) is 39.6 Å². The third-order valence-electron chi connectivity index (χ3n) is 5.23. The number of rotatable bonds is 16. The maximum absolute atomic E-state index is 6.39. The van der Waals surface area contributed by atoms with Crippen molar-refractivity contribution in [1.82, 2.24) is 0 Å². The third kappa shape index (κ3) is 9.79. The molecule has 6 heteroatoms. The predicted molar refractivity (Wildman–Crippen MR) is 135 cm³/mol. The fourth-order valence-electron chi connectivity index (χ4n) is 3.47. The molecule has 0 spiro atoms. The molecule has 0 aliphatic rings. The molecule has 1 atom stereocenters. The summed E-state index contributed by atoms with van der Waals surface area (Å²) in [7, 11) is 0. The molecule has 2 aromatic rings. The molecule has 0 amide bonds. The summed E-state index contributed by atoms with van der Waals surface area (Å²) in [6, 6.07) is 10.7. The van der Waals surface area contributed by atoms with Gasteiger partial charge in [0.2, 0.25) is 6.29 Å². The van der Waals surface area contributed by atoms with Crippen molar-refractivity contribution in [2.24, 2.45) is 0 Å². The molecule has 2 rings (SSSR count). The molecule has 1 unspecified atom stereocenters. The van der Waals surface area contributed by atoms with Gasteiger partial charge in [-0.1, -0.05) is 100 Å². The van der Waals surface area contributed by atoms with E-state index in [1.54, 1.807) is 31.2 Å². The standard InChI is InChI=1S/C26H37Cl2NO3/c1-3-4-5-6-7-8-9-10-11-14-17-30-21-18-22(27)26(23(28)19-21)32-20(2)31-25-16-13-12-15-24(25)29/h12-13,15-16,18-20H,3-11,14,17,29H2,1-2H3. The number of ether oxygens (including phenoxy) is 3. The summed E-state index contributed by atoms with van der Waals surface area (Å²) in [4.78, 5) is 0. The Bertz CT molecular complexity index is 777. The number of para-hydroxylation sites is 2. The first-order chi connectivity index (χ1) is 15.5. The summed E-state index contributed by atoms with van der Waals surface area (Å²) in [5.41, 5.74) is 6.44. The Kier molecular flexibility index (Phi) is 12.5. The zero-order valence-corrected chi connectivity index (χ0v) is 20.9. The van der Waals surface area contributed by atoms with Gasteiger partial charge in [-0.3, -0.25) is 0 Å². The van der Waals surface area contributed by atoms with Crippen molar-refractivity contribution in [2.45, 2.75) is 84.3 Å². The Hall–Kier alpha value is -1.78. The first kappa shape index (κ1) is 26.5. The predicted octanol–water partition coefficient (Wildman–Crippen LogP) is 8.68. The highest BCUT2D eigenvalue weighted by Crippen LogP contribution is 2.38. The van der Waals surface area contributed by atoms with Crippen molar-refractivity contribution in [3.05, 3.63) is 46.4 Å². The number of halogens is 2. The number of nitrogen functional groups attached to an aromatic ring is 1. The second-order valence-corrected chi connectivity index (χ2v) is 8.90. The number of unbranched alkanes of at least 4 members (excludes halogenated alkanes) is 9. The monoisotopic (exact) mass is 481 g/mol. The number of hydrogen-bond acceptors (Lipinski definition) is 4. The minimum Gasteiger partial charge on any atom is -0.493 e. The molecule has 0 aromatic heterocycles. The van der Waals surface area contributed by atoms with Gasteiger partial charge in [0.15, 0.2) is 5.75 Å². The smallest absolute Gasteiger partial charge is 0.238 e. The van der Waals surface area contributed by atoms with Gasteiger partial charge >= 0.3 is 0 Å². The van der Waals surface area contributed by atoms with Crippen molar-refractivity contribution >= 4 is 28.9 Å². The Labute approximate surface area is 203 Å². The fourth-order valence-corrected chi connectivity index (χ4v) is 4.02. The molecular weight excluding hydrogens is 445 g/mol. The molecule has 0 bridgehead atoms. The largest absolute Gasteiger partial charge is 0.493 e. The topological polar surface area (TPSA) is 53.7 Å². The summed E-state index contributed by atoms with van der Waals surface area (Å²) in [6.45, 7) is 4.66. The molecule has 2 N–H and O–H groups in total. The van der Waals surface area contributed by atoms with E-state index < -0.39 is 6.29 Å². The van der Waals surface area contributed by atoms with E-state index in [1.165, 1.54) is 57.8 Å². The quantitative estimate of drug-likeness (QED) is 0.148. The highest BCUT2D eigenvalue weighted by Gasteiger charge is 2.15. The van der Waals surface area contributed by atoms with Crippen molar-refractivity contribution in [3.63, 3.8) is 0 Å².